The number of rotatable bonds is 3. The number of benzene rings is 2. The van der Waals surface area contributed by atoms with E-state index in [1.807, 2.05) is 6.07 Å². The highest BCUT2D eigenvalue weighted by Crippen LogP contribution is 2.26. The number of anilines is 1. The van der Waals surface area contributed by atoms with Gasteiger partial charge in [0, 0.05) is 17.1 Å². The fourth-order valence-electron chi connectivity index (χ4n) is 2.83. The summed E-state index contributed by atoms with van der Waals surface area (Å²) in [5.41, 5.74) is 6.38. The lowest BCUT2D eigenvalue weighted by molar-refractivity contribution is 0.553. The van der Waals surface area contributed by atoms with Gasteiger partial charge in [-0.1, -0.05) is 31.0 Å². The maximum atomic E-state index is 12.5. The van der Waals surface area contributed by atoms with Crippen LogP contribution in [0.1, 0.15) is 25.7 Å². The van der Waals surface area contributed by atoms with Gasteiger partial charge in [-0.15, -0.1) is 0 Å². The third kappa shape index (κ3) is 2.51. The van der Waals surface area contributed by atoms with Gasteiger partial charge in [-0.2, -0.15) is 0 Å². The molecule has 1 fully saturated rings. The number of sulfonamides is 1. The first-order chi connectivity index (χ1) is 9.56. The molecule has 1 aliphatic rings. The van der Waals surface area contributed by atoms with Gasteiger partial charge in [0.1, 0.15) is 0 Å². The number of nitrogen functional groups attached to an aromatic ring is 1. The highest BCUT2D eigenvalue weighted by Gasteiger charge is 2.24. The molecule has 0 heterocycles. The predicted octanol–water partition coefficient (Wildman–Crippen LogP) is 2.64. The monoisotopic (exact) mass is 290 g/mol. The minimum atomic E-state index is -3.47. The molecule has 106 valence electrons. The molecule has 20 heavy (non-hydrogen) atoms. The molecule has 0 amide bonds. The third-order valence-corrected chi connectivity index (χ3v) is 5.41. The quantitative estimate of drug-likeness (QED) is 0.854. The van der Waals surface area contributed by atoms with Crippen molar-refractivity contribution in [1.29, 1.82) is 0 Å². The first-order valence-corrected chi connectivity index (χ1v) is 8.35. The molecule has 0 aliphatic heterocycles. The average molecular weight is 290 g/mol. The molecule has 1 aliphatic carbocycles. The average Bonchev–Trinajstić information content (AvgIpc) is 2.89. The van der Waals surface area contributed by atoms with Crippen LogP contribution in [-0.2, 0) is 10.0 Å². The Hall–Kier alpha value is -1.59. The van der Waals surface area contributed by atoms with E-state index in [-0.39, 0.29) is 6.04 Å². The zero-order chi connectivity index (χ0) is 14.2. The van der Waals surface area contributed by atoms with E-state index in [1.165, 1.54) is 0 Å². The van der Waals surface area contributed by atoms with Gasteiger partial charge >= 0.3 is 0 Å². The van der Waals surface area contributed by atoms with Gasteiger partial charge in [0.25, 0.3) is 0 Å². The summed E-state index contributed by atoms with van der Waals surface area (Å²) < 4.78 is 27.9. The van der Waals surface area contributed by atoms with Gasteiger partial charge in [-0.25, -0.2) is 13.1 Å². The number of hydrogen-bond acceptors (Lipinski definition) is 3. The molecule has 0 atom stereocenters. The second-order valence-corrected chi connectivity index (χ2v) is 7.02. The number of hydrogen-bond donors (Lipinski definition) is 2. The Bertz CT molecular complexity index is 735. The Balaban J connectivity index is 2.04. The van der Waals surface area contributed by atoms with E-state index in [0.29, 0.717) is 16.0 Å². The Morgan fingerprint density at radius 1 is 1.10 bits per heavy atom. The maximum absolute atomic E-state index is 12.5. The lowest BCUT2D eigenvalue weighted by atomic mass is 10.1. The Morgan fingerprint density at radius 3 is 2.60 bits per heavy atom. The van der Waals surface area contributed by atoms with Crippen molar-refractivity contribution in [2.24, 2.45) is 0 Å². The van der Waals surface area contributed by atoms with E-state index in [4.69, 9.17) is 5.73 Å². The van der Waals surface area contributed by atoms with Crippen LogP contribution in [0.4, 0.5) is 5.69 Å². The normalized spacial score (nSPS) is 16.8. The predicted molar refractivity (Wildman–Crippen MR) is 80.9 cm³/mol. The fraction of sp³-hybridized carbons (Fsp3) is 0.333. The van der Waals surface area contributed by atoms with E-state index in [1.54, 1.807) is 30.3 Å². The summed E-state index contributed by atoms with van der Waals surface area (Å²) in [6.45, 7) is 0. The van der Waals surface area contributed by atoms with Crippen molar-refractivity contribution >= 4 is 26.5 Å². The molecule has 2 aromatic rings. The number of nitrogens with one attached hydrogen (secondary N) is 1. The molecule has 0 spiro atoms. The lowest BCUT2D eigenvalue weighted by Gasteiger charge is -2.14. The molecule has 5 heteroatoms. The third-order valence-electron chi connectivity index (χ3n) is 3.83. The molecule has 4 nitrogen and oxygen atoms in total. The Labute approximate surface area is 119 Å². The zero-order valence-electron chi connectivity index (χ0n) is 11.2. The van der Waals surface area contributed by atoms with Crippen LogP contribution in [0.5, 0.6) is 0 Å². The van der Waals surface area contributed by atoms with Crippen LogP contribution in [0, 0.1) is 0 Å². The molecule has 0 bridgehead atoms. The van der Waals surface area contributed by atoms with E-state index < -0.39 is 10.0 Å². The van der Waals surface area contributed by atoms with E-state index in [2.05, 4.69) is 4.72 Å². The smallest absolute Gasteiger partial charge is 0.241 e. The second-order valence-electron chi connectivity index (χ2n) is 5.34. The number of fused-ring (bicyclic) bond motifs is 1. The van der Waals surface area contributed by atoms with Crippen molar-refractivity contribution in [2.45, 2.75) is 36.6 Å². The summed E-state index contributed by atoms with van der Waals surface area (Å²) >= 11 is 0. The first-order valence-electron chi connectivity index (χ1n) is 6.87. The van der Waals surface area contributed by atoms with E-state index >= 15 is 0 Å². The maximum Gasteiger partial charge on any atom is 0.241 e. The fourth-order valence-corrected chi connectivity index (χ4v) is 4.37. The molecule has 0 saturated heterocycles. The summed E-state index contributed by atoms with van der Waals surface area (Å²) in [4.78, 5) is 0.335. The molecule has 2 aromatic carbocycles. The molecular formula is C15H18N2O2S. The summed E-state index contributed by atoms with van der Waals surface area (Å²) in [5, 5.41) is 1.56. The minimum Gasteiger partial charge on any atom is -0.399 e. The molecule has 0 radical (unpaired) electrons. The van der Waals surface area contributed by atoms with Crippen molar-refractivity contribution in [3.63, 3.8) is 0 Å². The summed E-state index contributed by atoms with van der Waals surface area (Å²) in [6.07, 6.45) is 4.05. The molecule has 3 rings (SSSR count). The number of nitrogens with two attached hydrogens (primary N) is 1. The van der Waals surface area contributed by atoms with Gasteiger partial charge in [0.2, 0.25) is 10.0 Å². The lowest BCUT2D eigenvalue weighted by Crippen LogP contribution is -2.32. The SMILES string of the molecule is Nc1ccc2c(S(=O)(=O)NC3CCCC3)cccc2c1. The summed E-state index contributed by atoms with van der Waals surface area (Å²) in [5.74, 6) is 0. The molecular weight excluding hydrogens is 272 g/mol. The van der Waals surface area contributed by atoms with Crippen LogP contribution < -0.4 is 10.5 Å². The van der Waals surface area contributed by atoms with Gasteiger partial charge < -0.3 is 5.73 Å². The van der Waals surface area contributed by atoms with Crippen LogP contribution in [-0.4, -0.2) is 14.5 Å². The second kappa shape index (κ2) is 5.07. The molecule has 1 saturated carbocycles. The van der Waals surface area contributed by atoms with Gasteiger partial charge in [0.05, 0.1) is 4.90 Å². The van der Waals surface area contributed by atoms with E-state index in [9.17, 15) is 8.42 Å². The summed E-state index contributed by atoms with van der Waals surface area (Å²) in [6, 6.07) is 10.7. The molecule has 3 N–H and O–H groups in total. The van der Waals surface area contributed by atoms with Crippen LogP contribution >= 0.6 is 0 Å². The van der Waals surface area contributed by atoms with Crippen LogP contribution in [0.25, 0.3) is 10.8 Å². The van der Waals surface area contributed by atoms with Crippen LogP contribution in [0.3, 0.4) is 0 Å². The molecule has 0 aromatic heterocycles. The van der Waals surface area contributed by atoms with Crippen LogP contribution in [0.15, 0.2) is 41.3 Å². The standard InChI is InChI=1S/C15H18N2O2S/c16-12-8-9-14-11(10-12)4-3-7-15(14)20(18,19)17-13-5-1-2-6-13/h3-4,7-10,13,17H,1-2,5-6,16H2. The largest absolute Gasteiger partial charge is 0.399 e. The van der Waals surface area contributed by atoms with Crippen molar-refractivity contribution in [2.75, 3.05) is 5.73 Å². The topological polar surface area (TPSA) is 72.2 Å². The summed E-state index contributed by atoms with van der Waals surface area (Å²) in [7, 11) is -3.47. The van der Waals surface area contributed by atoms with E-state index in [0.717, 1.165) is 31.1 Å². The van der Waals surface area contributed by atoms with Crippen molar-refractivity contribution in [3.05, 3.63) is 36.4 Å². The van der Waals surface area contributed by atoms with Gasteiger partial charge in [-0.3, -0.25) is 0 Å². The van der Waals surface area contributed by atoms with Crippen molar-refractivity contribution in [3.8, 4) is 0 Å². The van der Waals surface area contributed by atoms with Gasteiger partial charge in [-0.05, 0) is 36.4 Å². The highest BCUT2D eigenvalue weighted by molar-refractivity contribution is 7.89. The Kier molecular flexibility index (Phi) is 3.40. The van der Waals surface area contributed by atoms with Crippen LogP contribution in [0.2, 0.25) is 0 Å². The minimum absolute atomic E-state index is 0.0732. The van der Waals surface area contributed by atoms with Crippen molar-refractivity contribution < 1.29 is 8.42 Å². The van der Waals surface area contributed by atoms with Gasteiger partial charge in [0.15, 0.2) is 0 Å². The molecule has 0 unspecified atom stereocenters. The first kappa shape index (κ1) is 13.4. The Morgan fingerprint density at radius 2 is 1.85 bits per heavy atom. The zero-order valence-corrected chi connectivity index (χ0v) is 12.0. The van der Waals surface area contributed by atoms with Crippen molar-refractivity contribution in [1.82, 2.24) is 4.72 Å². The highest BCUT2D eigenvalue weighted by atomic mass is 32.2.